The number of carbonyl (C=O) groups is 1. The molecule has 2 N–H and O–H groups in total. The Bertz CT molecular complexity index is 534. The van der Waals surface area contributed by atoms with Crippen molar-refractivity contribution in [2.75, 3.05) is 33.4 Å². The Balaban J connectivity index is 2.05. The summed E-state index contributed by atoms with van der Waals surface area (Å²) < 4.78 is 5.41. The number of benzene rings is 1. The molecule has 1 aromatic carbocycles. The molecule has 0 radical (unpaired) electrons. The smallest absolute Gasteiger partial charge is 0.230 e. The Morgan fingerprint density at radius 2 is 2.09 bits per heavy atom. The zero-order chi connectivity index (χ0) is 16.9. The van der Waals surface area contributed by atoms with Crippen LogP contribution in [0.5, 0.6) is 0 Å². The minimum atomic E-state index is -0.619. The topological polar surface area (TPSA) is 50.4 Å². The summed E-state index contributed by atoms with van der Waals surface area (Å²) in [6.45, 7) is 7.12. The molecule has 128 valence electrons. The lowest BCUT2D eigenvalue weighted by molar-refractivity contribution is -0.126. The highest BCUT2D eigenvalue weighted by Gasteiger charge is 2.35. The number of hydrogen-bond acceptors (Lipinski definition) is 3. The lowest BCUT2D eigenvalue weighted by Gasteiger charge is -2.38. The van der Waals surface area contributed by atoms with Crippen molar-refractivity contribution in [2.24, 2.45) is 5.41 Å². The van der Waals surface area contributed by atoms with E-state index in [0.29, 0.717) is 18.2 Å². The number of nitrogens with one attached hydrogen (secondary N) is 2. The number of methoxy groups -OCH3 is 1. The molecule has 1 aromatic rings. The van der Waals surface area contributed by atoms with Crippen LogP contribution in [0.3, 0.4) is 0 Å². The van der Waals surface area contributed by atoms with E-state index in [2.05, 4.69) is 10.6 Å². The summed E-state index contributed by atoms with van der Waals surface area (Å²) in [5.41, 5.74) is 0.334. The predicted octanol–water partition coefficient (Wildman–Crippen LogP) is 2.75. The van der Waals surface area contributed by atoms with Gasteiger partial charge in [-0.05, 0) is 57.5 Å². The van der Waals surface area contributed by atoms with E-state index in [1.54, 1.807) is 7.11 Å². The van der Waals surface area contributed by atoms with E-state index >= 15 is 0 Å². The van der Waals surface area contributed by atoms with Crippen LogP contribution >= 0.6 is 11.6 Å². The highest BCUT2D eigenvalue weighted by atomic mass is 35.5. The molecule has 1 fully saturated rings. The highest BCUT2D eigenvalue weighted by molar-refractivity contribution is 6.30. The summed E-state index contributed by atoms with van der Waals surface area (Å²) in [7, 11) is 1.72. The summed E-state index contributed by atoms with van der Waals surface area (Å²) in [6.07, 6.45) is 2.03. The Hall–Kier alpha value is -1.10. The zero-order valence-corrected chi connectivity index (χ0v) is 15.0. The second-order valence-electron chi connectivity index (χ2n) is 7.00. The second-order valence-corrected chi connectivity index (χ2v) is 7.44. The lowest BCUT2D eigenvalue weighted by atomic mass is 9.78. The van der Waals surface area contributed by atoms with Gasteiger partial charge in [-0.3, -0.25) is 4.79 Å². The quantitative estimate of drug-likeness (QED) is 0.838. The van der Waals surface area contributed by atoms with E-state index in [1.807, 2.05) is 38.1 Å². The zero-order valence-electron chi connectivity index (χ0n) is 14.2. The first-order valence-corrected chi connectivity index (χ1v) is 8.51. The average molecular weight is 339 g/mol. The first kappa shape index (κ1) is 18.2. The van der Waals surface area contributed by atoms with Gasteiger partial charge in [0.1, 0.15) is 0 Å². The van der Waals surface area contributed by atoms with Crippen LogP contribution in [0.15, 0.2) is 24.3 Å². The van der Waals surface area contributed by atoms with Gasteiger partial charge in [-0.15, -0.1) is 0 Å². The van der Waals surface area contributed by atoms with Gasteiger partial charge in [-0.25, -0.2) is 0 Å². The van der Waals surface area contributed by atoms with Crippen molar-refractivity contribution in [1.29, 1.82) is 0 Å². The molecule has 1 saturated heterocycles. The first-order chi connectivity index (χ1) is 10.9. The van der Waals surface area contributed by atoms with Crippen molar-refractivity contribution in [3.63, 3.8) is 0 Å². The number of hydrogen-bond donors (Lipinski definition) is 2. The molecular formula is C18H27ClN2O2. The van der Waals surface area contributed by atoms with Crippen molar-refractivity contribution in [2.45, 2.75) is 32.1 Å². The normalized spacial score (nSPS) is 17.7. The number of halogens is 1. The molecule has 1 aliphatic rings. The van der Waals surface area contributed by atoms with Crippen molar-refractivity contribution in [3.8, 4) is 0 Å². The molecule has 0 atom stereocenters. The predicted molar refractivity (Wildman–Crippen MR) is 93.9 cm³/mol. The third-order valence-corrected chi connectivity index (χ3v) is 5.09. The Morgan fingerprint density at radius 1 is 1.39 bits per heavy atom. The maximum Gasteiger partial charge on any atom is 0.230 e. The summed E-state index contributed by atoms with van der Waals surface area (Å²) in [4.78, 5) is 12.8. The van der Waals surface area contributed by atoms with Gasteiger partial charge in [0.2, 0.25) is 5.91 Å². The fourth-order valence-corrected chi connectivity index (χ4v) is 3.32. The summed E-state index contributed by atoms with van der Waals surface area (Å²) in [5, 5.41) is 7.16. The molecule has 0 bridgehead atoms. The molecular weight excluding hydrogens is 312 g/mol. The van der Waals surface area contributed by atoms with Gasteiger partial charge in [0.05, 0.1) is 12.0 Å². The second kappa shape index (κ2) is 7.65. The molecule has 1 amide bonds. The van der Waals surface area contributed by atoms with Crippen LogP contribution in [-0.4, -0.2) is 39.3 Å². The molecule has 0 spiro atoms. The van der Waals surface area contributed by atoms with Gasteiger partial charge >= 0.3 is 0 Å². The molecule has 0 saturated carbocycles. The van der Waals surface area contributed by atoms with Crippen LogP contribution in [0.1, 0.15) is 32.3 Å². The van der Waals surface area contributed by atoms with Crippen molar-refractivity contribution < 1.29 is 9.53 Å². The number of piperidine rings is 1. The van der Waals surface area contributed by atoms with Crippen LogP contribution in [0.4, 0.5) is 0 Å². The third-order valence-electron chi connectivity index (χ3n) is 4.85. The molecule has 0 aliphatic carbocycles. The van der Waals surface area contributed by atoms with E-state index in [4.69, 9.17) is 16.3 Å². The SMILES string of the molecule is COCC1(CNC(=O)C(C)(C)c2cccc(Cl)c2)CCNCC1. The molecule has 0 aromatic heterocycles. The van der Waals surface area contributed by atoms with Gasteiger partial charge in [-0.1, -0.05) is 23.7 Å². The summed E-state index contributed by atoms with van der Waals surface area (Å²) in [6, 6.07) is 7.51. The standard InChI is InChI=1S/C18H27ClN2O2/c1-17(2,14-5-4-6-15(19)11-14)16(22)21-12-18(13-23-3)7-9-20-10-8-18/h4-6,11,20H,7-10,12-13H2,1-3H3,(H,21,22). The minimum Gasteiger partial charge on any atom is -0.384 e. The summed E-state index contributed by atoms with van der Waals surface area (Å²) >= 11 is 6.06. The van der Waals surface area contributed by atoms with E-state index in [-0.39, 0.29) is 11.3 Å². The number of carbonyl (C=O) groups excluding carboxylic acids is 1. The molecule has 23 heavy (non-hydrogen) atoms. The van der Waals surface area contributed by atoms with Crippen molar-refractivity contribution in [1.82, 2.24) is 10.6 Å². The molecule has 1 heterocycles. The molecule has 1 aliphatic heterocycles. The lowest BCUT2D eigenvalue weighted by Crippen LogP contribution is -2.50. The Morgan fingerprint density at radius 3 is 2.70 bits per heavy atom. The molecule has 5 heteroatoms. The van der Waals surface area contributed by atoms with Gasteiger partial charge in [-0.2, -0.15) is 0 Å². The van der Waals surface area contributed by atoms with Gasteiger partial charge in [0.15, 0.2) is 0 Å². The molecule has 0 unspecified atom stereocenters. The van der Waals surface area contributed by atoms with Crippen molar-refractivity contribution in [3.05, 3.63) is 34.9 Å². The monoisotopic (exact) mass is 338 g/mol. The maximum absolute atomic E-state index is 12.8. The number of amides is 1. The number of rotatable bonds is 6. The fourth-order valence-electron chi connectivity index (χ4n) is 3.13. The fraction of sp³-hybridized carbons (Fsp3) is 0.611. The Kier molecular flexibility index (Phi) is 6.06. The minimum absolute atomic E-state index is 0.0220. The van der Waals surface area contributed by atoms with Crippen LogP contribution in [0, 0.1) is 5.41 Å². The van der Waals surface area contributed by atoms with Crippen LogP contribution in [0.25, 0.3) is 0 Å². The average Bonchev–Trinajstić information content (AvgIpc) is 2.54. The van der Waals surface area contributed by atoms with E-state index in [0.717, 1.165) is 31.5 Å². The van der Waals surface area contributed by atoms with E-state index in [9.17, 15) is 4.79 Å². The molecule has 2 rings (SSSR count). The molecule has 4 nitrogen and oxygen atoms in total. The van der Waals surface area contributed by atoms with Gasteiger partial charge < -0.3 is 15.4 Å². The van der Waals surface area contributed by atoms with Crippen LogP contribution in [0.2, 0.25) is 5.02 Å². The highest BCUT2D eigenvalue weighted by Crippen LogP contribution is 2.30. The number of ether oxygens (including phenoxy) is 1. The van der Waals surface area contributed by atoms with E-state index < -0.39 is 5.41 Å². The largest absolute Gasteiger partial charge is 0.384 e. The van der Waals surface area contributed by atoms with E-state index in [1.165, 1.54) is 0 Å². The maximum atomic E-state index is 12.8. The Labute approximate surface area is 143 Å². The van der Waals surface area contributed by atoms with Gasteiger partial charge in [0, 0.05) is 24.1 Å². The van der Waals surface area contributed by atoms with Crippen LogP contribution < -0.4 is 10.6 Å². The van der Waals surface area contributed by atoms with Gasteiger partial charge in [0.25, 0.3) is 0 Å². The van der Waals surface area contributed by atoms with Crippen LogP contribution in [-0.2, 0) is 14.9 Å². The first-order valence-electron chi connectivity index (χ1n) is 8.14. The van der Waals surface area contributed by atoms with Crippen molar-refractivity contribution >= 4 is 17.5 Å². The summed E-state index contributed by atoms with van der Waals surface area (Å²) in [5.74, 6) is 0.0220. The third kappa shape index (κ3) is 4.46.